The number of hydrogen-bond donors (Lipinski definition) is 2. The van der Waals surface area contributed by atoms with Crippen LogP contribution in [-0.4, -0.2) is 41.3 Å². The van der Waals surface area contributed by atoms with E-state index in [0.717, 1.165) is 30.6 Å². The molecule has 0 bridgehead atoms. The number of carbonyl (C=O) groups is 2. The van der Waals surface area contributed by atoms with E-state index in [-0.39, 0.29) is 11.8 Å². The number of pyridine rings is 1. The number of benzene rings is 1. The summed E-state index contributed by atoms with van der Waals surface area (Å²) >= 11 is 0. The molecule has 1 aliphatic carbocycles. The van der Waals surface area contributed by atoms with Gasteiger partial charge >= 0.3 is 0 Å². The van der Waals surface area contributed by atoms with Gasteiger partial charge in [0.15, 0.2) is 0 Å². The van der Waals surface area contributed by atoms with E-state index >= 15 is 0 Å². The highest BCUT2D eigenvalue weighted by molar-refractivity contribution is 5.94. The first kappa shape index (κ1) is 18.2. The minimum atomic E-state index is -0.108. The maximum Gasteiger partial charge on any atom is 0.253 e. The molecule has 1 unspecified atom stereocenters. The van der Waals surface area contributed by atoms with Gasteiger partial charge in [-0.2, -0.15) is 0 Å². The predicted molar refractivity (Wildman–Crippen MR) is 108 cm³/mol. The van der Waals surface area contributed by atoms with Crippen LogP contribution in [0.2, 0.25) is 0 Å². The molecular formula is C22H24N4O2. The Morgan fingerprint density at radius 1 is 1.14 bits per heavy atom. The largest absolute Gasteiger partial charge is 0.384 e. The molecular weight excluding hydrogens is 352 g/mol. The normalized spacial score (nSPS) is 22.9. The van der Waals surface area contributed by atoms with Crippen LogP contribution in [0.1, 0.15) is 22.3 Å². The van der Waals surface area contributed by atoms with Crippen LogP contribution >= 0.6 is 0 Å². The molecule has 6 heteroatoms. The molecule has 1 saturated heterocycles. The summed E-state index contributed by atoms with van der Waals surface area (Å²) in [4.78, 5) is 30.4. The number of likely N-dealkylation sites (tertiary alicyclic amines) is 1. The van der Waals surface area contributed by atoms with E-state index in [1.807, 2.05) is 41.3 Å². The van der Waals surface area contributed by atoms with Crippen molar-refractivity contribution in [3.63, 3.8) is 0 Å². The highest BCUT2D eigenvalue weighted by Gasteiger charge is 2.55. The quantitative estimate of drug-likeness (QED) is 0.757. The van der Waals surface area contributed by atoms with Crippen molar-refractivity contribution in [1.82, 2.24) is 15.2 Å². The number of nitrogens with one attached hydrogen (secondary N) is 1. The molecule has 2 aliphatic rings. The maximum absolute atomic E-state index is 12.5. The third kappa shape index (κ3) is 4.06. The number of nitrogen functional groups attached to an aromatic ring is 1. The highest BCUT2D eigenvalue weighted by Crippen LogP contribution is 2.53. The fraction of sp³-hybridized carbons (Fsp3) is 0.318. The molecule has 3 atom stereocenters. The number of fused-ring (bicyclic) bond motifs is 1. The lowest BCUT2D eigenvalue weighted by molar-refractivity contribution is -0.116. The van der Waals surface area contributed by atoms with Crippen LogP contribution < -0.4 is 11.1 Å². The number of carbonyl (C=O) groups excluding carboxylic acids is 2. The summed E-state index contributed by atoms with van der Waals surface area (Å²) in [5, 5.41) is 2.93. The van der Waals surface area contributed by atoms with E-state index < -0.39 is 0 Å². The Hall–Kier alpha value is -3.15. The van der Waals surface area contributed by atoms with Gasteiger partial charge < -0.3 is 16.0 Å². The smallest absolute Gasteiger partial charge is 0.253 e. The lowest BCUT2D eigenvalue weighted by Crippen LogP contribution is -2.32. The minimum Gasteiger partial charge on any atom is -0.384 e. The van der Waals surface area contributed by atoms with Crippen LogP contribution in [0.25, 0.3) is 6.08 Å². The molecule has 6 nitrogen and oxygen atoms in total. The van der Waals surface area contributed by atoms with Crippen molar-refractivity contribution in [3.05, 3.63) is 65.9 Å². The van der Waals surface area contributed by atoms with Gasteiger partial charge in [-0.25, -0.2) is 4.98 Å². The molecule has 1 aromatic heterocycles. The molecule has 1 aliphatic heterocycles. The SMILES string of the molecule is Nc1ccc(/C=C/C(=O)NCCC2[C@H]3CN(C(=O)c4ccccc4)C[C@@H]23)cn1. The Balaban J connectivity index is 1.17. The van der Waals surface area contributed by atoms with Crippen LogP contribution in [0.4, 0.5) is 5.82 Å². The van der Waals surface area contributed by atoms with Crippen molar-refractivity contribution < 1.29 is 9.59 Å². The summed E-state index contributed by atoms with van der Waals surface area (Å²) in [5.74, 6) is 2.26. The Morgan fingerprint density at radius 3 is 2.57 bits per heavy atom. The van der Waals surface area contributed by atoms with Crippen molar-refractivity contribution in [2.75, 3.05) is 25.4 Å². The number of piperidine rings is 1. The van der Waals surface area contributed by atoms with Crippen LogP contribution in [0, 0.1) is 17.8 Å². The number of rotatable bonds is 6. The summed E-state index contributed by atoms with van der Waals surface area (Å²) in [6.07, 6.45) is 5.83. The number of hydrogen-bond acceptors (Lipinski definition) is 4. The number of amides is 2. The lowest BCUT2D eigenvalue weighted by atomic mass is 10.1. The summed E-state index contributed by atoms with van der Waals surface area (Å²) in [5.41, 5.74) is 7.14. The molecule has 1 saturated carbocycles. The molecule has 2 amide bonds. The van der Waals surface area contributed by atoms with Gasteiger partial charge in [0.2, 0.25) is 5.91 Å². The maximum atomic E-state index is 12.5. The molecule has 144 valence electrons. The molecule has 4 rings (SSSR count). The first-order chi connectivity index (χ1) is 13.6. The van der Waals surface area contributed by atoms with Crippen molar-refractivity contribution in [1.29, 1.82) is 0 Å². The van der Waals surface area contributed by atoms with Crippen LogP contribution in [-0.2, 0) is 4.79 Å². The average molecular weight is 376 g/mol. The molecule has 0 spiro atoms. The molecule has 2 heterocycles. The number of nitrogens with two attached hydrogens (primary N) is 1. The minimum absolute atomic E-state index is 0.108. The van der Waals surface area contributed by atoms with Crippen molar-refractivity contribution in [2.45, 2.75) is 6.42 Å². The van der Waals surface area contributed by atoms with Gasteiger partial charge in [0.05, 0.1) is 0 Å². The number of anilines is 1. The average Bonchev–Trinajstić information content (AvgIpc) is 3.16. The summed E-state index contributed by atoms with van der Waals surface area (Å²) in [7, 11) is 0. The first-order valence-electron chi connectivity index (χ1n) is 9.63. The van der Waals surface area contributed by atoms with Crippen LogP contribution in [0.3, 0.4) is 0 Å². The van der Waals surface area contributed by atoms with Gasteiger partial charge in [-0.1, -0.05) is 18.2 Å². The molecule has 2 aromatic rings. The topological polar surface area (TPSA) is 88.3 Å². The van der Waals surface area contributed by atoms with Gasteiger partial charge in [0, 0.05) is 37.5 Å². The van der Waals surface area contributed by atoms with Gasteiger partial charge in [-0.3, -0.25) is 9.59 Å². The first-order valence-corrected chi connectivity index (χ1v) is 9.63. The van der Waals surface area contributed by atoms with E-state index in [1.54, 1.807) is 18.3 Å². The standard InChI is InChI=1S/C22H24N4O2/c23-20-8-6-15(12-25-20)7-9-21(27)24-11-10-17-18-13-26(14-19(17)18)22(28)16-4-2-1-3-5-16/h1-9,12,17-19H,10-11,13-14H2,(H2,23,25)(H,24,27)/b9-7+/t17?,18-,19+. The Labute approximate surface area is 164 Å². The molecule has 28 heavy (non-hydrogen) atoms. The van der Waals surface area contributed by atoms with Crippen molar-refractivity contribution >= 4 is 23.7 Å². The molecule has 1 aromatic carbocycles. The summed E-state index contributed by atoms with van der Waals surface area (Å²) in [6.45, 7) is 2.33. The summed E-state index contributed by atoms with van der Waals surface area (Å²) < 4.78 is 0. The monoisotopic (exact) mass is 376 g/mol. The van der Waals surface area contributed by atoms with Gasteiger partial charge in [-0.05, 0) is 60.1 Å². The second-order valence-electron chi connectivity index (χ2n) is 7.50. The zero-order chi connectivity index (χ0) is 19.5. The molecule has 3 N–H and O–H groups in total. The number of nitrogens with zero attached hydrogens (tertiary/aromatic N) is 2. The third-order valence-electron chi connectivity index (χ3n) is 5.69. The van der Waals surface area contributed by atoms with Crippen LogP contribution in [0.5, 0.6) is 0 Å². The van der Waals surface area contributed by atoms with Gasteiger partial charge in [0.1, 0.15) is 5.82 Å². The highest BCUT2D eigenvalue weighted by atomic mass is 16.2. The zero-order valence-corrected chi connectivity index (χ0v) is 15.6. The zero-order valence-electron chi connectivity index (χ0n) is 15.6. The van der Waals surface area contributed by atoms with E-state index in [4.69, 9.17) is 5.73 Å². The number of aromatic nitrogens is 1. The molecule has 0 radical (unpaired) electrons. The fourth-order valence-electron chi connectivity index (χ4n) is 4.11. The van der Waals surface area contributed by atoms with Crippen molar-refractivity contribution in [3.8, 4) is 0 Å². The predicted octanol–water partition coefficient (Wildman–Crippen LogP) is 2.20. The molecule has 2 fully saturated rings. The summed E-state index contributed by atoms with van der Waals surface area (Å²) in [6, 6.07) is 13.0. The van der Waals surface area contributed by atoms with Crippen molar-refractivity contribution in [2.24, 2.45) is 17.8 Å². The van der Waals surface area contributed by atoms with E-state index in [0.29, 0.717) is 30.1 Å². The van der Waals surface area contributed by atoms with E-state index in [1.165, 1.54) is 6.08 Å². The second-order valence-corrected chi connectivity index (χ2v) is 7.50. The Kier molecular flexibility index (Phi) is 5.10. The third-order valence-corrected chi connectivity index (χ3v) is 5.69. The van der Waals surface area contributed by atoms with E-state index in [2.05, 4.69) is 10.3 Å². The van der Waals surface area contributed by atoms with E-state index in [9.17, 15) is 9.59 Å². The van der Waals surface area contributed by atoms with Crippen LogP contribution in [0.15, 0.2) is 54.7 Å². The van der Waals surface area contributed by atoms with Gasteiger partial charge in [-0.15, -0.1) is 0 Å². The van der Waals surface area contributed by atoms with Gasteiger partial charge in [0.25, 0.3) is 5.91 Å². The fourth-order valence-corrected chi connectivity index (χ4v) is 4.11. The Bertz CT molecular complexity index is 867. The Morgan fingerprint density at radius 2 is 1.89 bits per heavy atom. The lowest BCUT2D eigenvalue weighted by Gasteiger charge is -2.20. The second kappa shape index (κ2) is 7.84.